The van der Waals surface area contributed by atoms with Crippen LogP contribution in [0.15, 0.2) is 12.4 Å². The number of carboxylic acids is 1. The number of fused-ring (bicyclic) bond motifs is 1. The highest BCUT2D eigenvalue weighted by Crippen LogP contribution is 2.10. The van der Waals surface area contributed by atoms with Crippen LogP contribution in [0.1, 0.15) is 5.82 Å². The highest BCUT2D eigenvalue weighted by atomic mass is 16.4. The molecule has 8 nitrogen and oxygen atoms in total. The third kappa shape index (κ3) is 2.43. The number of carbonyl (C=O) groups excluding carboxylic acids is 1. The minimum absolute atomic E-state index is 0.330. The molecule has 0 unspecified atom stereocenters. The van der Waals surface area contributed by atoms with Crippen molar-refractivity contribution in [3.8, 4) is 0 Å². The van der Waals surface area contributed by atoms with Crippen molar-refractivity contribution in [2.24, 2.45) is 0 Å². The van der Waals surface area contributed by atoms with Crippen LogP contribution in [0.2, 0.25) is 0 Å². The minimum Gasteiger partial charge on any atom is -0.480 e. The van der Waals surface area contributed by atoms with Crippen LogP contribution in [0.3, 0.4) is 0 Å². The van der Waals surface area contributed by atoms with Crippen LogP contribution in [0.4, 0.5) is 4.79 Å². The number of nitrogens with one attached hydrogen (secondary N) is 1. The number of urea groups is 1. The van der Waals surface area contributed by atoms with Crippen molar-refractivity contribution in [1.82, 2.24) is 19.8 Å². The normalized spacial score (nSPS) is 15.9. The number of hydrogen-bond donors (Lipinski definition) is 3. The number of carboxylic acid groups (broad SMARTS) is 1. The Morgan fingerprint density at radius 3 is 2.94 bits per heavy atom. The van der Waals surface area contributed by atoms with Gasteiger partial charge in [-0.2, -0.15) is 0 Å². The van der Waals surface area contributed by atoms with Gasteiger partial charge in [0, 0.05) is 25.5 Å². The molecule has 18 heavy (non-hydrogen) atoms. The summed E-state index contributed by atoms with van der Waals surface area (Å²) >= 11 is 0. The number of imidazole rings is 1. The van der Waals surface area contributed by atoms with Crippen LogP contribution in [0.5, 0.6) is 0 Å². The van der Waals surface area contributed by atoms with Crippen molar-refractivity contribution in [1.29, 1.82) is 0 Å². The van der Waals surface area contributed by atoms with Gasteiger partial charge in [0.2, 0.25) is 0 Å². The van der Waals surface area contributed by atoms with Crippen LogP contribution in [0, 0.1) is 0 Å². The minimum atomic E-state index is -1.28. The second kappa shape index (κ2) is 5.05. The molecule has 0 spiro atoms. The van der Waals surface area contributed by atoms with Gasteiger partial charge in [-0.15, -0.1) is 0 Å². The molecule has 0 fully saturated rings. The van der Waals surface area contributed by atoms with E-state index in [4.69, 9.17) is 10.2 Å². The zero-order chi connectivity index (χ0) is 13.1. The Morgan fingerprint density at radius 1 is 1.50 bits per heavy atom. The summed E-state index contributed by atoms with van der Waals surface area (Å²) in [4.78, 5) is 28.1. The lowest BCUT2D eigenvalue weighted by Gasteiger charge is -2.28. The molecule has 0 radical (unpaired) electrons. The second-order valence-corrected chi connectivity index (χ2v) is 3.98. The molecule has 3 N–H and O–H groups in total. The Balaban J connectivity index is 1.97. The van der Waals surface area contributed by atoms with E-state index in [1.165, 1.54) is 4.90 Å². The van der Waals surface area contributed by atoms with E-state index in [1.54, 1.807) is 6.20 Å². The molecule has 8 heteroatoms. The first-order chi connectivity index (χ1) is 8.61. The number of carbonyl (C=O) groups is 2. The van der Waals surface area contributed by atoms with Crippen LogP contribution in [-0.4, -0.2) is 55.9 Å². The summed E-state index contributed by atoms with van der Waals surface area (Å²) in [6, 6.07) is -1.79. The maximum atomic E-state index is 11.8. The fourth-order valence-electron chi connectivity index (χ4n) is 1.77. The number of aliphatic hydroxyl groups is 1. The van der Waals surface area contributed by atoms with E-state index in [0.717, 1.165) is 5.82 Å². The van der Waals surface area contributed by atoms with Crippen molar-refractivity contribution in [3.05, 3.63) is 18.2 Å². The van der Waals surface area contributed by atoms with Gasteiger partial charge in [-0.1, -0.05) is 0 Å². The first-order valence-corrected chi connectivity index (χ1v) is 5.51. The van der Waals surface area contributed by atoms with Crippen LogP contribution in [0.25, 0.3) is 0 Å². The Morgan fingerprint density at radius 2 is 2.28 bits per heavy atom. The predicted molar refractivity (Wildman–Crippen MR) is 59.7 cm³/mol. The quantitative estimate of drug-likeness (QED) is 0.631. The molecule has 1 aromatic heterocycles. The smallest absolute Gasteiger partial charge is 0.328 e. The summed E-state index contributed by atoms with van der Waals surface area (Å²) in [5.41, 5.74) is 0. The van der Waals surface area contributed by atoms with E-state index in [-0.39, 0.29) is 0 Å². The third-order valence-corrected chi connectivity index (χ3v) is 2.81. The molecule has 98 valence electrons. The number of nitrogens with zero attached hydrogens (tertiary/aromatic N) is 3. The summed E-state index contributed by atoms with van der Waals surface area (Å²) in [5.74, 6) is -0.503. The van der Waals surface area contributed by atoms with Crippen molar-refractivity contribution < 1.29 is 19.8 Å². The van der Waals surface area contributed by atoms with E-state index >= 15 is 0 Å². The molecule has 1 aliphatic rings. The van der Waals surface area contributed by atoms with E-state index in [9.17, 15) is 9.59 Å². The fraction of sp³-hybridized carbons (Fsp3) is 0.500. The zero-order valence-corrected chi connectivity index (χ0v) is 9.61. The molecule has 1 aromatic rings. The van der Waals surface area contributed by atoms with Crippen LogP contribution >= 0.6 is 0 Å². The topological polar surface area (TPSA) is 108 Å². The van der Waals surface area contributed by atoms with Gasteiger partial charge in [0.25, 0.3) is 0 Å². The molecule has 0 saturated carbocycles. The molecule has 1 atom stereocenters. The maximum absolute atomic E-state index is 11.8. The van der Waals surface area contributed by atoms with Gasteiger partial charge in [-0.25, -0.2) is 14.6 Å². The molecule has 2 rings (SSSR count). The summed E-state index contributed by atoms with van der Waals surface area (Å²) in [6.07, 6.45) is 3.49. The number of rotatable bonds is 3. The largest absolute Gasteiger partial charge is 0.480 e. The molecule has 1 aliphatic heterocycles. The molecule has 0 bridgehead atoms. The fourth-order valence-corrected chi connectivity index (χ4v) is 1.77. The number of aliphatic hydroxyl groups excluding tert-OH is 1. The van der Waals surface area contributed by atoms with Crippen molar-refractivity contribution in [2.75, 3.05) is 13.2 Å². The van der Waals surface area contributed by atoms with Gasteiger partial charge in [-0.05, 0) is 0 Å². The molecular formula is C10H14N4O4. The first-order valence-electron chi connectivity index (χ1n) is 5.51. The number of hydrogen-bond acceptors (Lipinski definition) is 4. The van der Waals surface area contributed by atoms with E-state index in [0.29, 0.717) is 19.6 Å². The van der Waals surface area contributed by atoms with Crippen molar-refractivity contribution in [2.45, 2.75) is 19.1 Å². The molecule has 2 amide bonds. The Hall–Kier alpha value is -2.09. The molecule has 0 aliphatic carbocycles. The lowest BCUT2D eigenvalue weighted by Crippen LogP contribution is -2.51. The van der Waals surface area contributed by atoms with Gasteiger partial charge in [-0.3, -0.25) is 0 Å². The van der Waals surface area contributed by atoms with E-state index in [2.05, 4.69) is 10.3 Å². The molecular weight excluding hydrogens is 240 g/mol. The molecule has 0 saturated heterocycles. The molecule has 2 heterocycles. The first kappa shape index (κ1) is 12.4. The summed E-state index contributed by atoms with van der Waals surface area (Å²) in [7, 11) is 0. The lowest BCUT2D eigenvalue weighted by atomic mass is 10.3. The summed E-state index contributed by atoms with van der Waals surface area (Å²) < 4.78 is 1.94. The maximum Gasteiger partial charge on any atom is 0.328 e. The van der Waals surface area contributed by atoms with Crippen LogP contribution in [-0.2, 0) is 17.9 Å². The van der Waals surface area contributed by atoms with Crippen molar-refractivity contribution >= 4 is 12.0 Å². The number of amides is 2. The third-order valence-electron chi connectivity index (χ3n) is 2.81. The number of aromatic nitrogens is 2. The average molecular weight is 254 g/mol. The van der Waals surface area contributed by atoms with Gasteiger partial charge in [0.1, 0.15) is 5.82 Å². The van der Waals surface area contributed by atoms with Crippen molar-refractivity contribution in [3.63, 3.8) is 0 Å². The highest BCUT2D eigenvalue weighted by molar-refractivity contribution is 5.82. The average Bonchev–Trinajstić information content (AvgIpc) is 2.82. The predicted octanol–water partition coefficient (Wildman–Crippen LogP) is -1.15. The summed E-state index contributed by atoms with van der Waals surface area (Å²) in [6.45, 7) is 0.798. The lowest BCUT2D eigenvalue weighted by molar-refractivity contribution is -0.140. The van der Waals surface area contributed by atoms with Gasteiger partial charge < -0.3 is 25.0 Å². The zero-order valence-electron chi connectivity index (χ0n) is 9.61. The monoisotopic (exact) mass is 254 g/mol. The number of aliphatic carboxylic acids is 1. The highest BCUT2D eigenvalue weighted by Gasteiger charge is 2.25. The van der Waals surface area contributed by atoms with E-state index < -0.39 is 24.6 Å². The Kier molecular flexibility index (Phi) is 3.47. The van der Waals surface area contributed by atoms with Gasteiger partial charge in [0.05, 0.1) is 13.2 Å². The molecule has 0 aromatic carbocycles. The van der Waals surface area contributed by atoms with Crippen LogP contribution < -0.4 is 5.32 Å². The Bertz CT molecular complexity index is 458. The summed E-state index contributed by atoms with van der Waals surface area (Å²) in [5, 5.41) is 19.8. The Labute approximate surface area is 103 Å². The van der Waals surface area contributed by atoms with E-state index in [1.807, 2.05) is 10.8 Å². The van der Waals surface area contributed by atoms with Gasteiger partial charge in [0.15, 0.2) is 6.04 Å². The second-order valence-electron chi connectivity index (χ2n) is 3.98. The standard InChI is InChI=1S/C10H14N4O4/c15-6-7(9(16)17)12-10(18)14-4-3-13-2-1-11-8(13)5-14/h1-2,7,15H,3-6H2,(H,12,18)(H,16,17)/t7-/m0/s1. The van der Waals surface area contributed by atoms with Gasteiger partial charge >= 0.3 is 12.0 Å². The SMILES string of the molecule is O=C(O)[C@H](CO)NC(=O)N1CCn2ccnc2C1.